The van der Waals surface area contributed by atoms with Crippen molar-refractivity contribution in [2.45, 2.75) is 294 Å². The van der Waals surface area contributed by atoms with Crippen LogP contribution in [0.3, 0.4) is 0 Å². The summed E-state index contributed by atoms with van der Waals surface area (Å²) in [6.45, 7) is 3.44. The second kappa shape index (κ2) is 44.5. The molecule has 0 aliphatic carbocycles. The van der Waals surface area contributed by atoms with Crippen LogP contribution in [0.5, 0.6) is 0 Å². The Bertz CT molecular complexity index is 1170. The molecule has 0 radical (unpaired) electrons. The fraction of sp³-hybridized carbons (Fsp3) is 0.873. The van der Waals surface area contributed by atoms with E-state index in [1.54, 1.807) is 0 Å². The lowest BCUT2D eigenvalue weighted by molar-refractivity contribution is -0.303. The lowest BCUT2D eigenvalue weighted by Gasteiger charge is -2.40. The first-order valence-corrected chi connectivity index (χ1v) is 27.4. The van der Waals surface area contributed by atoms with Gasteiger partial charge in [0.05, 0.1) is 25.4 Å². The Balaban J connectivity index is 2.35. The summed E-state index contributed by atoms with van der Waals surface area (Å²) in [6, 6.07) is -1.19. The van der Waals surface area contributed by atoms with Gasteiger partial charge >= 0.3 is 0 Å². The average Bonchev–Trinajstić information content (AvgIpc) is 3.32. The summed E-state index contributed by atoms with van der Waals surface area (Å²) in [5, 5.41) is 75.9. The maximum atomic E-state index is 13.1. The topological polar surface area (TPSA) is 189 Å². The molecule has 9 atom stereocenters. The summed E-state index contributed by atoms with van der Waals surface area (Å²) in [5.74, 6) is -0.710. The van der Waals surface area contributed by atoms with Gasteiger partial charge in [-0.15, -0.1) is 0 Å². The van der Waals surface area contributed by atoms with Crippen molar-refractivity contribution in [1.29, 1.82) is 0 Å². The SMILES string of the molecule is CCCCCCCCCCC/C=C\C/C=C\CCCCCCCCCCC(O)C(=O)NC(COC1OC(CO)C(O)C(O)C1O)C(O)C(O)CCC/C=C/CCCCCCCCCCCC. The minimum atomic E-state index is -1.67. The number of aliphatic hydroxyl groups excluding tert-OH is 7. The highest BCUT2D eigenvalue weighted by Gasteiger charge is 2.44. The van der Waals surface area contributed by atoms with E-state index in [2.05, 4.69) is 55.6 Å². The van der Waals surface area contributed by atoms with Crippen molar-refractivity contribution in [3.8, 4) is 0 Å². The standard InChI is InChI=1S/C55H103NO10/c1-3-5-7-9-11-13-15-17-19-20-21-22-23-24-25-26-27-29-31-33-35-37-39-41-43-48(59)54(64)56-46(45-65-55-53(63)52(62)51(61)49(44-57)66-55)50(60)47(58)42-40-38-36-34-32-30-28-18-16-14-12-10-8-6-4-2/h21-22,24-25,34,36,46-53,55,57-63H,3-20,23,26-33,35,37-45H2,1-2H3,(H,56,64)/b22-21-,25-24-,36-34+. The highest BCUT2D eigenvalue weighted by molar-refractivity contribution is 5.80. The van der Waals surface area contributed by atoms with Crippen LogP contribution in [0.15, 0.2) is 36.5 Å². The Hall–Kier alpha value is -1.67. The van der Waals surface area contributed by atoms with Gasteiger partial charge in [0.15, 0.2) is 6.29 Å². The summed E-state index contributed by atoms with van der Waals surface area (Å²) >= 11 is 0. The van der Waals surface area contributed by atoms with Crippen molar-refractivity contribution in [3.05, 3.63) is 36.5 Å². The molecular weight excluding hydrogens is 835 g/mol. The molecule has 0 aromatic heterocycles. The fourth-order valence-corrected chi connectivity index (χ4v) is 8.65. The fourth-order valence-electron chi connectivity index (χ4n) is 8.65. The second-order valence-electron chi connectivity index (χ2n) is 19.3. The van der Waals surface area contributed by atoms with Crippen molar-refractivity contribution >= 4 is 5.91 Å². The van der Waals surface area contributed by atoms with Gasteiger partial charge in [-0.05, 0) is 70.6 Å². The smallest absolute Gasteiger partial charge is 0.249 e. The van der Waals surface area contributed by atoms with Crippen LogP contribution in [0.1, 0.15) is 239 Å². The van der Waals surface area contributed by atoms with Crippen LogP contribution in [0.25, 0.3) is 0 Å². The van der Waals surface area contributed by atoms with Crippen LogP contribution in [0.2, 0.25) is 0 Å². The molecule has 1 rings (SSSR count). The highest BCUT2D eigenvalue weighted by atomic mass is 16.7. The zero-order valence-electron chi connectivity index (χ0n) is 42.2. The van der Waals surface area contributed by atoms with Gasteiger partial charge in [0.2, 0.25) is 5.91 Å². The first-order valence-electron chi connectivity index (χ1n) is 27.4. The molecule has 11 nitrogen and oxygen atoms in total. The van der Waals surface area contributed by atoms with E-state index in [0.717, 1.165) is 51.4 Å². The van der Waals surface area contributed by atoms with Crippen LogP contribution < -0.4 is 5.32 Å². The second-order valence-corrected chi connectivity index (χ2v) is 19.3. The minimum absolute atomic E-state index is 0.247. The van der Waals surface area contributed by atoms with E-state index in [0.29, 0.717) is 12.8 Å². The third-order valence-corrected chi connectivity index (χ3v) is 13.2. The molecule has 9 unspecified atom stereocenters. The number of rotatable bonds is 46. The summed E-state index contributed by atoms with van der Waals surface area (Å²) in [6.07, 6.45) is 41.9. The molecular formula is C55H103NO10. The van der Waals surface area contributed by atoms with Gasteiger partial charge in [-0.25, -0.2) is 0 Å². The predicted octanol–water partition coefficient (Wildman–Crippen LogP) is 10.7. The Morgan fingerprint density at radius 2 is 0.939 bits per heavy atom. The molecule has 0 spiro atoms. The lowest BCUT2D eigenvalue weighted by atomic mass is 9.98. The Morgan fingerprint density at radius 1 is 0.530 bits per heavy atom. The maximum Gasteiger partial charge on any atom is 0.249 e. The summed E-state index contributed by atoms with van der Waals surface area (Å²) in [7, 11) is 0. The normalized spacial score (nSPS) is 21.0. The van der Waals surface area contributed by atoms with Crippen molar-refractivity contribution in [2.24, 2.45) is 0 Å². The molecule has 1 fully saturated rings. The molecule has 388 valence electrons. The molecule has 1 heterocycles. The van der Waals surface area contributed by atoms with E-state index in [1.807, 2.05) is 0 Å². The van der Waals surface area contributed by atoms with E-state index in [1.165, 1.54) is 148 Å². The van der Waals surface area contributed by atoms with Crippen LogP contribution >= 0.6 is 0 Å². The molecule has 8 N–H and O–H groups in total. The van der Waals surface area contributed by atoms with E-state index in [-0.39, 0.29) is 12.8 Å². The van der Waals surface area contributed by atoms with Crippen molar-refractivity contribution < 1.29 is 50.0 Å². The monoisotopic (exact) mass is 938 g/mol. The largest absolute Gasteiger partial charge is 0.394 e. The van der Waals surface area contributed by atoms with Gasteiger partial charge < -0.3 is 50.5 Å². The number of carbonyl (C=O) groups is 1. The number of amides is 1. The van der Waals surface area contributed by atoms with Gasteiger partial charge in [-0.3, -0.25) is 4.79 Å². The van der Waals surface area contributed by atoms with Gasteiger partial charge in [0.25, 0.3) is 0 Å². The number of allylic oxidation sites excluding steroid dienone is 6. The molecule has 1 saturated heterocycles. The zero-order valence-corrected chi connectivity index (χ0v) is 42.2. The van der Waals surface area contributed by atoms with E-state index >= 15 is 0 Å². The molecule has 66 heavy (non-hydrogen) atoms. The maximum absolute atomic E-state index is 13.1. The molecule has 1 amide bonds. The van der Waals surface area contributed by atoms with E-state index in [9.17, 15) is 40.5 Å². The quantitative estimate of drug-likeness (QED) is 0.0215. The average molecular weight is 938 g/mol. The van der Waals surface area contributed by atoms with E-state index < -0.39 is 74.2 Å². The first kappa shape index (κ1) is 62.3. The van der Waals surface area contributed by atoms with Crippen LogP contribution in [0, 0.1) is 0 Å². The summed E-state index contributed by atoms with van der Waals surface area (Å²) in [5.41, 5.74) is 0. The zero-order chi connectivity index (χ0) is 48.3. The van der Waals surface area contributed by atoms with Crippen LogP contribution in [0.4, 0.5) is 0 Å². The molecule has 0 aromatic rings. The van der Waals surface area contributed by atoms with E-state index in [4.69, 9.17) is 9.47 Å². The lowest BCUT2D eigenvalue weighted by Crippen LogP contribution is -2.60. The Kier molecular flexibility index (Phi) is 42.1. The van der Waals surface area contributed by atoms with Gasteiger partial charge in [0.1, 0.15) is 36.6 Å². The first-order chi connectivity index (χ1) is 32.2. The van der Waals surface area contributed by atoms with Crippen LogP contribution in [-0.2, 0) is 14.3 Å². The van der Waals surface area contributed by atoms with Gasteiger partial charge in [-0.2, -0.15) is 0 Å². The van der Waals surface area contributed by atoms with Gasteiger partial charge in [0, 0.05) is 0 Å². The third-order valence-electron chi connectivity index (χ3n) is 13.2. The van der Waals surface area contributed by atoms with Crippen molar-refractivity contribution in [2.75, 3.05) is 13.2 Å². The molecule has 0 saturated carbocycles. The van der Waals surface area contributed by atoms with Crippen LogP contribution in [-0.4, -0.2) is 110 Å². The molecule has 0 bridgehead atoms. The highest BCUT2D eigenvalue weighted by Crippen LogP contribution is 2.23. The Labute approximate surface area is 403 Å². The molecule has 0 aromatic carbocycles. The minimum Gasteiger partial charge on any atom is -0.394 e. The number of hydrogen-bond acceptors (Lipinski definition) is 10. The number of aliphatic hydroxyl groups is 7. The number of unbranched alkanes of at least 4 members (excludes halogenated alkanes) is 28. The number of nitrogens with one attached hydrogen (secondary N) is 1. The number of hydrogen-bond donors (Lipinski definition) is 8. The molecule has 1 aliphatic heterocycles. The number of ether oxygens (including phenoxy) is 2. The summed E-state index contributed by atoms with van der Waals surface area (Å²) in [4.78, 5) is 13.1. The Morgan fingerprint density at radius 3 is 1.39 bits per heavy atom. The van der Waals surface area contributed by atoms with Crippen molar-refractivity contribution in [3.63, 3.8) is 0 Å². The molecule has 11 heteroatoms. The summed E-state index contributed by atoms with van der Waals surface area (Å²) < 4.78 is 11.1. The number of carbonyl (C=O) groups excluding carboxylic acids is 1. The molecule has 1 aliphatic rings. The van der Waals surface area contributed by atoms with Gasteiger partial charge in [-0.1, -0.05) is 204 Å². The van der Waals surface area contributed by atoms with Crippen molar-refractivity contribution in [1.82, 2.24) is 5.32 Å². The predicted molar refractivity (Wildman–Crippen MR) is 270 cm³/mol. The third kappa shape index (κ3) is 33.0.